The Balaban J connectivity index is 2.61. The van der Waals surface area contributed by atoms with Gasteiger partial charge in [-0.25, -0.2) is 4.79 Å². The summed E-state index contributed by atoms with van der Waals surface area (Å²) in [6, 6.07) is 2.98. The fraction of sp³-hybridized carbons (Fsp3) is 0.375. The van der Waals surface area contributed by atoms with Crippen molar-refractivity contribution < 1.29 is 9.53 Å². The molecule has 5 heteroatoms. The first kappa shape index (κ1) is 9.92. The summed E-state index contributed by atoms with van der Waals surface area (Å²) in [5.74, 6) is -0.467. The van der Waals surface area contributed by atoms with Crippen LogP contribution in [0, 0.1) is 0 Å². The molecule has 0 atom stereocenters. The first-order chi connectivity index (χ1) is 6.24. The second kappa shape index (κ2) is 4.77. The van der Waals surface area contributed by atoms with Crippen LogP contribution in [0.3, 0.4) is 0 Å². The van der Waals surface area contributed by atoms with Crippen LogP contribution in [0.15, 0.2) is 12.1 Å². The number of nitrogens with zero attached hydrogens (tertiary/aromatic N) is 2. The number of rotatable bonds is 3. The van der Waals surface area contributed by atoms with Crippen molar-refractivity contribution in [3.8, 4) is 0 Å². The van der Waals surface area contributed by atoms with Crippen molar-refractivity contribution >= 4 is 17.6 Å². The number of carbonyl (C=O) groups excluding carboxylic acids is 1. The van der Waals surface area contributed by atoms with Gasteiger partial charge in [-0.1, -0.05) is 18.5 Å². The van der Waals surface area contributed by atoms with E-state index in [1.165, 1.54) is 12.1 Å². The minimum absolute atomic E-state index is 0.179. The molecular formula is C8H9ClN2O2. The van der Waals surface area contributed by atoms with E-state index in [-0.39, 0.29) is 10.8 Å². The third kappa shape index (κ3) is 2.99. The van der Waals surface area contributed by atoms with Crippen molar-refractivity contribution in [2.45, 2.75) is 13.3 Å². The highest BCUT2D eigenvalue weighted by atomic mass is 35.5. The van der Waals surface area contributed by atoms with Crippen molar-refractivity contribution in [2.75, 3.05) is 6.61 Å². The molecule has 1 heterocycles. The van der Waals surface area contributed by atoms with Crippen molar-refractivity contribution in [1.29, 1.82) is 0 Å². The number of hydrogen-bond acceptors (Lipinski definition) is 4. The lowest BCUT2D eigenvalue weighted by Crippen LogP contribution is -2.08. The van der Waals surface area contributed by atoms with E-state index in [4.69, 9.17) is 16.3 Å². The Kier molecular flexibility index (Phi) is 3.64. The summed E-state index contributed by atoms with van der Waals surface area (Å²) in [4.78, 5) is 11.1. The van der Waals surface area contributed by atoms with Crippen LogP contribution in [-0.4, -0.2) is 22.8 Å². The maximum atomic E-state index is 11.1. The average molecular weight is 201 g/mol. The summed E-state index contributed by atoms with van der Waals surface area (Å²) in [5.41, 5.74) is 0.179. The van der Waals surface area contributed by atoms with E-state index in [1.54, 1.807) is 0 Å². The largest absolute Gasteiger partial charge is 0.461 e. The molecule has 0 amide bonds. The Morgan fingerprint density at radius 3 is 2.85 bits per heavy atom. The Morgan fingerprint density at radius 2 is 2.31 bits per heavy atom. The Hall–Kier alpha value is -1.16. The van der Waals surface area contributed by atoms with Gasteiger partial charge in [-0.05, 0) is 18.6 Å². The standard InChI is InChI=1S/C8H9ClN2O2/c1-2-5-13-8(12)6-3-4-7(9)11-10-6/h3-4H,2,5H2,1H3. The topological polar surface area (TPSA) is 52.1 Å². The van der Waals surface area contributed by atoms with Gasteiger partial charge >= 0.3 is 5.97 Å². The summed E-state index contributed by atoms with van der Waals surface area (Å²) in [7, 11) is 0. The molecule has 1 aromatic heterocycles. The van der Waals surface area contributed by atoms with E-state index in [0.717, 1.165) is 6.42 Å². The molecule has 1 aromatic rings. The summed E-state index contributed by atoms with van der Waals surface area (Å²) in [6.07, 6.45) is 0.784. The number of carbonyl (C=O) groups is 1. The van der Waals surface area contributed by atoms with Crippen molar-refractivity contribution in [2.24, 2.45) is 0 Å². The SMILES string of the molecule is CCCOC(=O)c1ccc(Cl)nn1. The molecule has 0 aliphatic carbocycles. The van der Waals surface area contributed by atoms with Gasteiger partial charge < -0.3 is 4.74 Å². The quantitative estimate of drug-likeness (QED) is 0.697. The minimum Gasteiger partial charge on any atom is -0.461 e. The molecule has 0 radical (unpaired) electrons. The molecule has 0 saturated heterocycles. The van der Waals surface area contributed by atoms with Gasteiger partial charge in [0.2, 0.25) is 0 Å². The van der Waals surface area contributed by atoms with Gasteiger partial charge in [0.05, 0.1) is 6.61 Å². The first-order valence-electron chi connectivity index (χ1n) is 3.90. The second-order valence-electron chi connectivity index (χ2n) is 2.38. The zero-order valence-electron chi connectivity index (χ0n) is 7.16. The van der Waals surface area contributed by atoms with Crippen LogP contribution in [0.25, 0.3) is 0 Å². The van der Waals surface area contributed by atoms with Gasteiger partial charge in [0, 0.05) is 0 Å². The lowest BCUT2D eigenvalue weighted by molar-refractivity contribution is 0.0497. The van der Waals surface area contributed by atoms with Crippen LogP contribution in [0.1, 0.15) is 23.8 Å². The van der Waals surface area contributed by atoms with Crippen molar-refractivity contribution in [1.82, 2.24) is 10.2 Å². The fourth-order valence-corrected chi connectivity index (χ4v) is 0.794. The maximum absolute atomic E-state index is 11.1. The van der Waals surface area contributed by atoms with E-state index in [2.05, 4.69) is 10.2 Å². The molecule has 0 aliphatic rings. The molecule has 1 rings (SSSR count). The highest BCUT2D eigenvalue weighted by molar-refractivity contribution is 6.29. The second-order valence-corrected chi connectivity index (χ2v) is 2.76. The molecule has 0 bridgehead atoms. The normalized spacial score (nSPS) is 9.69. The zero-order valence-corrected chi connectivity index (χ0v) is 7.91. The highest BCUT2D eigenvalue weighted by Crippen LogP contribution is 2.03. The van der Waals surface area contributed by atoms with Gasteiger partial charge in [-0.15, -0.1) is 10.2 Å². The molecule has 0 unspecified atom stereocenters. The first-order valence-corrected chi connectivity index (χ1v) is 4.28. The third-order valence-corrected chi connectivity index (χ3v) is 1.48. The highest BCUT2D eigenvalue weighted by Gasteiger charge is 2.08. The van der Waals surface area contributed by atoms with Crippen molar-refractivity contribution in [3.05, 3.63) is 23.0 Å². The Bertz CT molecular complexity index is 287. The smallest absolute Gasteiger partial charge is 0.358 e. The monoisotopic (exact) mass is 200 g/mol. The Morgan fingerprint density at radius 1 is 1.54 bits per heavy atom. The molecule has 0 N–H and O–H groups in total. The molecule has 0 fully saturated rings. The number of aromatic nitrogens is 2. The number of hydrogen-bond donors (Lipinski definition) is 0. The van der Waals surface area contributed by atoms with E-state index in [1.807, 2.05) is 6.92 Å². The molecule has 0 saturated carbocycles. The van der Waals surface area contributed by atoms with E-state index in [9.17, 15) is 4.79 Å². The van der Waals surface area contributed by atoms with Crippen molar-refractivity contribution in [3.63, 3.8) is 0 Å². The molecule has 13 heavy (non-hydrogen) atoms. The zero-order chi connectivity index (χ0) is 9.68. The molecular weight excluding hydrogens is 192 g/mol. The predicted molar refractivity (Wildman–Crippen MR) is 47.6 cm³/mol. The molecule has 70 valence electrons. The summed E-state index contributed by atoms with van der Waals surface area (Å²) >= 11 is 5.49. The molecule has 0 aromatic carbocycles. The van der Waals surface area contributed by atoms with Crippen LogP contribution in [0.5, 0.6) is 0 Å². The molecule has 4 nitrogen and oxygen atoms in total. The number of ether oxygens (including phenoxy) is 1. The van der Waals surface area contributed by atoms with Crippen LogP contribution in [0.2, 0.25) is 5.15 Å². The van der Waals surface area contributed by atoms with Crippen LogP contribution in [0.4, 0.5) is 0 Å². The summed E-state index contributed by atoms with van der Waals surface area (Å²) in [5, 5.41) is 7.35. The number of esters is 1. The lowest BCUT2D eigenvalue weighted by Gasteiger charge is -2.00. The van der Waals surface area contributed by atoms with Gasteiger partial charge in [0.15, 0.2) is 10.8 Å². The number of halogens is 1. The van der Waals surface area contributed by atoms with Gasteiger partial charge in [0.25, 0.3) is 0 Å². The van der Waals surface area contributed by atoms with Crippen LogP contribution in [-0.2, 0) is 4.74 Å². The molecule has 0 aliphatic heterocycles. The summed E-state index contributed by atoms with van der Waals surface area (Å²) in [6.45, 7) is 2.31. The lowest BCUT2D eigenvalue weighted by atomic mass is 10.4. The fourth-order valence-electron chi connectivity index (χ4n) is 0.694. The van der Waals surface area contributed by atoms with Crippen LogP contribution < -0.4 is 0 Å². The molecule has 0 spiro atoms. The van der Waals surface area contributed by atoms with Gasteiger partial charge in [-0.2, -0.15) is 0 Å². The summed E-state index contributed by atoms with van der Waals surface area (Å²) < 4.78 is 4.83. The maximum Gasteiger partial charge on any atom is 0.358 e. The van der Waals surface area contributed by atoms with E-state index >= 15 is 0 Å². The van der Waals surface area contributed by atoms with Gasteiger partial charge in [-0.3, -0.25) is 0 Å². The van der Waals surface area contributed by atoms with E-state index < -0.39 is 5.97 Å². The predicted octanol–water partition coefficient (Wildman–Crippen LogP) is 1.70. The van der Waals surface area contributed by atoms with E-state index in [0.29, 0.717) is 6.61 Å². The average Bonchev–Trinajstić information content (AvgIpc) is 2.15. The minimum atomic E-state index is -0.467. The third-order valence-electron chi connectivity index (χ3n) is 1.28. The van der Waals surface area contributed by atoms with Crippen LogP contribution >= 0.6 is 11.6 Å². The Labute approximate surface area is 80.9 Å². The van der Waals surface area contributed by atoms with Gasteiger partial charge in [0.1, 0.15) is 0 Å².